The van der Waals surface area contributed by atoms with Crippen LogP contribution in [0.25, 0.3) is 0 Å². The lowest BCUT2D eigenvalue weighted by Gasteiger charge is -2.33. The van der Waals surface area contributed by atoms with E-state index in [-0.39, 0.29) is 16.0 Å². The molecule has 1 aliphatic heterocycles. The summed E-state index contributed by atoms with van der Waals surface area (Å²) < 4.78 is 40.5. The highest BCUT2D eigenvalue weighted by atomic mass is 35.5. The van der Waals surface area contributed by atoms with Gasteiger partial charge in [-0.25, -0.2) is 12.8 Å². The molecule has 0 spiro atoms. The summed E-state index contributed by atoms with van der Waals surface area (Å²) in [4.78, 5) is -0.303. The van der Waals surface area contributed by atoms with E-state index in [2.05, 4.69) is 5.32 Å². The maximum atomic E-state index is 13.9. The Balaban J connectivity index is 2.35. The van der Waals surface area contributed by atoms with E-state index in [0.717, 1.165) is 32.0 Å². The van der Waals surface area contributed by atoms with E-state index < -0.39 is 15.8 Å². The molecule has 1 fully saturated rings. The topological polar surface area (TPSA) is 49.4 Å². The molecule has 7 heteroatoms. The van der Waals surface area contributed by atoms with Gasteiger partial charge in [-0.3, -0.25) is 0 Å². The zero-order valence-corrected chi connectivity index (χ0v) is 12.8. The predicted molar refractivity (Wildman–Crippen MR) is 76.9 cm³/mol. The highest BCUT2D eigenvalue weighted by Gasteiger charge is 2.32. The fourth-order valence-electron chi connectivity index (χ4n) is 2.53. The minimum atomic E-state index is -3.83. The highest BCUT2D eigenvalue weighted by Crippen LogP contribution is 2.26. The molecule has 0 aromatic heterocycles. The number of benzene rings is 1. The summed E-state index contributed by atoms with van der Waals surface area (Å²) in [5.74, 6) is -0.801. The first kappa shape index (κ1) is 15.7. The molecular weight excluding hydrogens is 303 g/mol. The van der Waals surface area contributed by atoms with E-state index >= 15 is 0 Å². The summed E-state index contributed by atoms with van der Waals surface area (Å²) in [6.07, 6.45) is 1.48. The molecule has 0 radical (unpaired) electrons. The molecule has 0 unspecified atom stereocenters. The Morgan fingerprint density at radius 1 is 1.40 bits per heavy atom. The van der Waals surface area contributed by atoms with Gasteiger partial charge in [0.2, 0.25) is 10.0 Å². The van der Waals surface area contributed by atoms with Crippen LogP contribution < -0.4 is 5.32 Å². The summed E-state index contributed by atoms with van der Waals surface area (Å²) in [6, 6.07) is 3.58. The van der Waals surface area contributed by atoms with Gasteiger partial charge >= 0.3 is 0 Å². The van der Waals surface area contributed by atoms with E-state index in [1.165, 1.54) is 16.4 Å². The van der Waals surface area contributed by atoms with Gasteiger partial charge in [0.25, 0.3) is 0 Å². The van der Waals surface area contributed by atoms with E-state index in [1.54, 1.807) is 6.92 Å². The summed E-state index contributed by atoms with van der Waals surface area (Å²) in [6.45, 7) is 3.65. The number of nitrogens with zero attached hydrogens (tertiary/aromatic N) is 1. The molecule has 1 aliphatic rings. The Kier molecular flexibility index (Phi) is 5.01. The van der Waals surface area contributed by atoms with Crippen molar-refractivity contribution >= 4 is 21.6 Å². The lowest BCUT2D eigenvalue weighted by molar-refractivity contribution is 0.270. The van der Waals surface area contributed by atoms with Gasteiger partial charge in [0, 0.05) is 17.6 Å². The minimum Gasteiger partial charge on any atom is -0.317 e. The van der Waals surface area contributed by atoms with E-state index in [0.29, 0.717) is 6.54 Å². The zero-order chi connectivity index (χ0) is 14.8. The summed E-state index contributed by atoms with van der Waals surface area (Å²) in [5.41, 5.74) is 0. The first-order valence-corrected chi connectivity index (χ1v) is 8.46. The number of nitrogens with one attached hydrogen (secondary N) is 1. The molecule has 1 heterocycles. The van der Waals surface area contributed by atoms with E-state index in [9.17, 15) is 12.8 Å². The van der Waals surface area contributed by atoms with Crippen LogP contribution in [0.3, 0.4) is 0 Å². The van der Waals surface area contributed by atoms with Crippen LogP contribution in [0.15, 0.2) is 23.1 Å². The maximum absolute atomic E-state index is 13.9. The van der Waals surface area contributed by atoms with Crippen molar-refractivity contribution in [1.29, 1.82) is 0 Å². The molecular formula is C13H18ClFN2O2S. The van der Waals surface area contributed by atoms with Crippen molar-refractivity contribution in [1.82, 2.24) is 9.62 Å². The van der Waals surface area contributed by atoms with Gasteiger partial charge in [0.15, 0.2) is 0 Å². The molecule has 0 aliphatic carbocycles. The smallest absolute Gasteiger partial charge is 0.246 e. The average Bonchev–Trinajstić information content (AvgIpc) is 2.40. The quantitative estimate of drug-likeness (QED) is 0.925. The van der Waals surface area contributed by atoms with Crippen molar-refractivity contribution in [3.63, 3.8) is 0 Å². The third kappa shape index (κ3) is 3.14. The van der Waals surface area contributed by atoms with Crippen molar-refractivity contribution in [2.45, 2.75) is 30.7 Å². The van der Waals surface area contributed by atoms with Gasteiger partial charge in [-0.05, 0) is 44.1 Å². The highest BCUT2D eigenvalue weighted by molar-refractivity contribution is 7.89. The summed E-state index contributed by atoms with van der Waals surface area (Å²) >= 11 is 5.67. The van der Waals surface area contributed by atoms with Gasteiger partial charge in [-0.2, -0.15) is 4.31 Å². The van der Waals surface area contributed by atoms with Crippen LogP contribution in [0.5, 0.6) is 0 Å². The monoisotopic (exact) mass is 320 g/mol. The van der Waals surface area contributed by atoms with Crippen LogP contribution in [-0.2, 0) is 10.0 Å². The first-order chi connectivity index (χ1) is 9.46. The minimum absolute atomic E-state index is 0.0821. The van der Waals surface area contributed by atoms with Gasteiger partial charge < -0.3 is 5.32 Å². The fourth-order valence-corrected chi connectivity index (χ4v) is 4.43. The molecule has 2 rings (SSSR count). The normalized spacial score (nSPS) is 17.6. The number of rotatable bonds is 4. The van der Waals surface area contributed by atoms with Gasteiger partial charge in [-0.1, -0.05) is 18.5 Å². The molecule has 1 aromatic rings. The van der Waals surface area contributed by atoms with Crippen LogP contribution in [0.4, 0.5) is 4.39 Å². The Hall–Kier alpha value is -0.690. The Morgan fingerprint density at radius 3 is 2.60 bits per heavy atom. The predicted octanol–water partition coefficient (Wildman–Crippen LogP) is 2.24. The fraction of sp³-hybridized carbons (Fsp3) is 0.538. The summed E-state index contributed by atoms with van der Waals surface area (Å²) in [5, 5.41) is 3.38. The molecule has 20 heavy (non-hydrogen) atoms. The molecule has 4 nitrogen and oxygen atoms in total. The van der Waals surface area contributed by atoms with Crippen LogP contribution in [0, 0.1) is 5.82 Å². The second-order valence-electron chi connectivity index (χ2n) is 4.76. The molecule has 112 valence electrons. The standard InChI is InChI=1S/C13H18ClFN2O2S/c1-2-17(11-5-7-16-8-6-11)20(18,19)13-4-3-10(14)9-12(13)15/h3-4,9,11,16H,2,5-8H2,1H3. The van der Waals surface area contributed by atoms with Crippen molar-refractivity contribution < 1.29 is 12.8 Å². The zero-order valence-electron chi connectivity index (χ0n) is 11.3. The van der Waals surface area contributed by atoms with Crippen LogP contribution in [0.1, 0.15) is 19.8 Å². The van der Waals surface area contributed by atoms with Crippen molar-refractivity contribution in [3.8, 4) is 0 Å². The van der Waals surface area contributed by atoms with Crippen LogP contribution >= 0.6 is 11.6 Å². The second kappa shape index (κ2) is 6.39. The van der Waals surface area contributed by atoms with E-state index in [1.807, 2.05) is 0 Å². The van der Waals surface area contributed by atoms with Gasteiger partial charge in [0.1, 0.15) is 10.7 Å². The van der Waals surface area contributed by atoms with Crippen molar-refractivity contribution in [2.75, 3.05) is 19.6 Å². The molecule has 1 aromatic carbocycles. The molecule has 0 amide bonds. The average molecular weight is 321 g/mol. The largest absolute Gasteiger partial charge is 0.317 e. The number of piperidine rings is 1. The lowest BCUT2D eigenvalue weighted by atomic mass is 10.1. The molecule has 1 N–H and O–H groups in total. The second-order valence-corrected chi connectivity index (χ2v) is 7.06. The molecule has 0 atom stereocenters. The van der Waals surface area contributed by atoms with Gasteiger partial charge in [-0.15, -0.1) is 0 Å². The van der Waals surface area contributed by atoms with Crippen molar-refractivity contribution in [2.24, 2.45) is 0 Å². The Bertz CT molecular complexity index is 574. The molecule has 0 bridgehead atoms. The first-order valence-electron chi connectivity index (χ1n) is 6.64. The number of halogens is 2. The Morgan fingerprint density at radius 2 is 2.05 bits per heavy atom. The van der Waals surface area contributed by atoms with Crippen molar-refractivity contribution in [3.05, 3.63) is 29.0 Å². The summed E-state index contributed by atoms with van der Waals surface area (Å²) in [7, 11) is -3.83. The number of sulfonamides is 1. The van der Waals surface area contributed by atoms with E-state index in [4.69, 9.17) is 11.6 Å². The Labute approximate surface area is 124 Å². The lowest BCUT2D eigenvalue weighted by Crippen LogP contribution is -2.46. The third-order valence-corrected chi connectivity index (χ3v) is 5.80. The third-order valence-electron chi connectivity index (χ3n) is 3.51. The molecule has 1 saturated heterocycles. The van der Waals surface area contributed by atoms with Gasteiger partial charge in [0.05, 0.1) is 0 Å². The number of hydrogen-bond donors (Lipinski definition) is 1. The molecule has 0 saturated carbocycles. The SMILES string of the molecule is CCN(C1CCNCC1)S(=O)(=O)c1ccc(Cl)cc1F. The van der Waals surface area contributed by atoms with Crippen LogP contribution in [-0.4, -0.2) is 38.4 Å². The van der Waals surface area contributed by atoms with Crippen LogP contribution in [0.2, 0.25) is 5.02 Å². The number of hydrogen-bond acceptors (Lipinski definition) is 3. The maximum Gasteiger partial charge on any atom is 0.246 e.